The lowest BCUT2D eigenvalue weighted by molar-refractivity contribution is 0.0546. The zero-order valence-electron chi connectivity index (χ0n) is 9.48. The first-order chi connectivity index (χ1) is 8.38. The smallest absolute Gasteiger partial charge is 0.335 e. The number of carbonyl (C=O) groups is 1. The predicted molar refractivity (Wildman–Crippen MR) is 63.6 cm³/mol. The molecule has 6 nitrogen and oxygen atoms in total. The topological polar surface area (TPSA) is 94.9 Å². The molecule has 1 aromatic rings. The third-order valence-corrected chi connectivity index (χ3v) is 4.56. The Labute approximate surface area is 105 Å². The molecule has 0 saturated carbocycles. The molecule has 7 heteroatoms. The van der Waals surface area contributed by atoms with Crippen LogP contribution in [0.2, 0.25) is 0 Å². The summed E-state index contributed by atoms with van der Waals surface area (Å²) in [7, 11) is -3.42. The van der Waals surface area contributed by atoms with E-state index in [1.165, 1.54) is 28.6 Å². The Morgan fingerprint density at radius 3 is 2.28 bits per heavy atom. The van der Waals surface area contributed by atoms with Gasteiger partial charge in [-0.25, -0.2) is 13.2 Å². The maximum Gasteiger partial charge on any atom is 0.335 e. The van der Waals surface area contributed by atoms with Gasteiger partial charge in [0, 0.05) is 13.1 Å². The van der Waals surface area contributed by atoms with Crippen molar-refractivity contribution in [3.8, 4) is 0 Å². The second kappa shape index (κ2) is 4.68. The highest BCUT2D eigenvalue weighted by Gasteiger charge is 2.34. The molecule has 0 atom stereocenters. The van der Waals surface area contributed by atoms with Crippen LogP contribution in [0.3, 0.4) is 0 Å². The van der Waals surface area contributed by atoms with E-state index in [0.29, 0.717) is 5.56 Å². The molecule has 0 unspecified atom stereocenters. The fourth-order valence-corrected chi connectivity index (χ4v) is 3.28. The monoisotopic (exact) mass is 271 g/mol. The van der Waals surface area contributed by atoms with Crippen molar-refractivity contribution in [2.24, 2.45) is 0 Å². The van der Waals surface area contributed by atoms with Gasteiger partial charge >= 0.3 is 5.97 Å². The standard InChI is InChI=1S/C11H13NO5S/c13-10-5-12(6-10)18(16,17)7-8-1-3-9(4-2-8)11(14)15/h1-4,10,13H,5-7H2,(H,14,15). The zero-order chi connectivity index (χ0) is 13.3. The normalized spacial score (nSPS) is 17.4. The van der Waals surface area contributed by atoms with Gasteiger partial charge in [-0.1, -0.05) is 12.1 Å². The van der Waals surface area contributed by atoms with Crippen molar-refractivity contribution in [2.75, 3.05) is 13.1 Å². The summed E-state index contributed by atoms with van der Waals surface area (Å²) < 4.78 is 24.9. The molecule has 0 aromatic heterocycles. The number of rotatable bonds is 4. The number of aliphatic hydroxyl groups excluding tert-OH is 1. The molecule has 1 saturated heterocycles. The summed E-state index contributed by atoms with van der Waals surface area (Å²) in [5.41, 5.74) is 0.650. The van der Waals surface area contributed by atoms with E-state index in [-0.39, 0.29) is 24.4 Å². The van der Waals surface area contributed by atoms with Gasteiger partial charge in [-0.15, -0.1) is 0 Å². The summed E-state index contributed by atoms with van der Waals surface area (Å²) in [6, 6.07) is 5.71. The summed E-state index contributed by atoms with van der Waals surface area (Å²) in [5.74, 6) is -1.23. The van der Waals surface area contributed by atoms with E-state index in [1.54, 1.807) is 0 Å². The van der Waals surface area contributed by atoms with Crippen LogP contribution in [0, 0.1) is 0 Å². The van der Waals surface area contributed by atoms with E-state index in [4.69, 9.17) is 10.2 Å². The van der Waals surface area contributed by atoms with Gasteiger partial charge in [-0.3, -0.25) is 0 Å². The second-order valence-corrected chi connectivity index (χ2v) is 6.20. The molecule has 0 radical (unpaired) electrons. The molecule has 0 spiro atoms. The summed E-state index contributed by atoms with van der Waals surface area (Å²) in [5, 5.41) is 17.8. The van der Waals surface area contributed by atoms with Crippen molar-refractivity contribution in [3.05, 3.63) is 35.4 Å². The SMILES string of the molecule is O=C(O)c1ccc(CS(=O)(=O)N2CC(O)C2)cc1. The van der Waals surface area contributed by atoms with Gasteiger partial charge < -0.3 is 10.2 Å². The van der Waals surface area contributed by atoms with E-state index in [9.17, 15) is 13.2 Å². The maximum absolute atomic E-state index is 11.8. The number of carboxylic acids is 1. The van der Waals surface area contributed by atoms with E-state index < -0.39 is 22.1 Å². The molecular weight excluding hydrogens is 258 g/mol. The van der Waals surface area contributed by atoms with Crippen molar-refractivity contribution in [3.63, 3.8) is 0 Å². The highest BCUT2D eigenvalue weighted by molar-refractivity contribution is 7.88. The lowest BCUT2D eigenvalue weighted by Crippen LogP contribution is -2.53. The Morgan fingerprint density at radius 1 is 1.28 bits per heavy atom. The first-order valence-electron chi connectivity index (χ1n) is 5.36. The quantitative estimate of drug-likeness (QED) is 0.796. The number of carboxylic acid groups (broad SMARTS) is 1. The van der Waals surface area contributed by atoms with Gasteiger partial charge in [0.05, 0.1) is 17.4 Å². The molecule has 1 aliphatic rings. The number of sulfonamides is 1. The lowest BCUT2D eigenvalue weighted by Gasteiger charge is -2.34. The van der Waals surface area contributed by atoms with Crippen molar-refractivity contribution in [1.82, 2.24) is 4.31 Å². The maximum atomic E-state index is 11.8. The molecular formula is C11H13NO5S. The van der Waals surface area contributed by atoms with Gasteiger partial charge in [-0.2, -0.15) is 4.31 Å². The van der Waals surface area contributed by atoms with Crippen molar-refractivity contribution in [2.45, 2.75) is 11.9 Å². The minimum absolute atomic E-state index is 0.121. The third kappa shape index (κ3) is 2.69. The molecule has 2 rings (SSSR count). The first kappa shape index (κ1) is 13.0. The average molecular weight is 271 g/mol. The fraction of sp³-hybridized carbons (Fsp3) is 0.364. The summed E-state index contributed by atoms with van der Waals surface area (Å²) in [4.78, 5) is 10.6. The molecule has 1 fully saturated rings. The molecule has 1 heterocycles. The van der Waals surface area contributed by atoms with Crippen molar-refractivity contribution < 1.29 is 23.4 Å². The number of β-amino-alcohol motifs (C(OH)–C–C–N with tert-alkyl or cyclic N) is 1. The zero-order valence-corrected chi connectivity index (χ0v) is 10.3. The summed E-state index contributed by atoms with van der Waals surface area (Å²) in [6.07, 6.45) is -0.575. The molecule has 0 bridgehead atoms. The average Bonchev–Trinajstić information content (AvgIpc) is 2.25. The number of aliphatic hydroxyl groups is 1. The van der Waals surface area contributed by atoms with Crippen LogP contribution in [0.5, 0.6) is 0 Å². The van der Waals surface area contributed by atoms with Crippen LogP contribution in [0.1, 0.15) is 15.9 Å². The van der Waals surface area contributed by atoms with Crippen LogP contribution < -0.4 is 0 Å². The minimum atomic E-state index is -3.42. The van der Waals surface area contributed by atoms with Gasteiger partial charge in [0.2, 0.25) is 10.0 Å². The van der Waals surface area contributed by atoms with Gasteiger partial charge in [0.25, 0.3) is 0 Å². The third-order valence-electron chi connectivity index (χ3n) is 2.77. The van der Waals surface area contributed by atoms with Crippen LogP contribution in [0.25, 0.3) is 0 Å². The molecule has 0 aliphatic carbocycles. The summed E-state index contributed by atoms with van der Waals surface area (Å²) >= 11 is 0. The van der Waals surface area contributed by atoms with Crippen molar-refractivity contribution in [1.29, 1.82) is 0 Å². The Morgan fingerprint density at radius 2 is 1.83 bits per heavy atom. The lowest BCUT2D eigenvalue weighted by atomic mass is 10.1. The number of aromatic carboxylic acids is 1. The van der Waals surface area contributed by atoms with Crippen LogP contribution in [0.15, 0.2) is 24.3 Å². The number of nitrogens with zero attached hydrogens (tertiary/aromatic N) is 1. The first-order valence-corrected chi connectivity index (χ1v) is 6.97. The van der Waals surface area contributed by atoms with E-state index in [0.717, 1.165) is 0 Å². The van der Waals surface area contributed by atoms with Gasteiger partial charge in [-0.05, 0) is 17.7 Å². The Balaban J connectivity index is 2.07. The number of benzene rings is 1. The van der Waals surface area contributed by atoms with Gasteiger partial charge in [0.15, 0.2) is 0 Å². The Kier molecular flexibility index (Phi) is 3.38. The Hall–Kier alpha value is -1.44. The van der Waals surface area contributed by atoms with Crippen LogP contribution >= 0.6 is 0 Å². The predicted octanol–water partition coefficient (Wildman–Crippen LogP) is -0.109. The fourth-order valence-electron chi connectivity index (χ4n) is 1.69. The highest BCUT2D eigenvalue weighted by Crippen LogP contribution is 2.18. The highest BCUT2D eigenvalue weighted by atomic mass is 32.2. The number of hydrogen-bond donors (Lipinski definition) is 2. The molecule has 98 valence electrons. The molecule has 0 amide bonds. The van der Waals surface area contributed by atoms with Gasteiger partial charge in [0.1, 0.15) is 0 Å². The van der Waals surface area contributed by atoms with E-state index in [2.05, 4.69) is 0 Å². The molecule has 1 aliphatic heterocycles. The van der Waals surface area contributed by atoms with Crippen LogP contribution in [0.4, 0.5) is 0 Å². The van der Waals surface area contributed by atoms with Crippen molar-refractivity contribution >= 4 is 16.0 Å². The Bertz CT molecular complexity index is 545. The van der Waals surface area contributed by atoms with Crippen LogP contribution in [-0.4, -0.2) is 48.1 Å². The molecule has 18 heavy (non-hydrogen) atoms. The largest absolute Gasteiger partial charge is 0.478 e. The molecule has 1 aromatic carbocycles. The number of hydrogen-bond acceptors (Lipinski definition) is 4. The minimum Gasteiger partial charge on any atom is -0.478 e. The van der Waals surface area contributed by atoms with E-state index >= 15 is 0 Å². The molecule has 2 N–H and O–H groups in total. The van der Waals surface area contributed by atoms with Crippen LogP contribution in [-0.2, 0) is 15.8 Å². The second-order valence-electron chi connectivity index (χ2n) is 4.23. The van der Waals surface area contributed by atoms with E-state index in [1.807, 2.05) is 0 Å². The summed E-state index contributed by atoms with van der Waals surface area (Å²) in [6.45, 7) is 0.269.